The number of allylic oxidation sites excluding steroid dienone is 2. The molecular weight excluding hydrogens is 364 g/mol. The lowest BCUT2D eigenvalue weighted by Gasteiger charge is -2.14. The van der Waals surface area contributed by atoms with Crippen LogP contribution < -0.4 is 9.47 Å². The summed E-state index contributed by atoms with van der Waals surface area (Å²) >= 11 is 0. The van der Waals surface area contributed by atoms with Gasteiger partial charge in [0.2, 0.25) is 0 Å². The van der Waals surface area contributed by atoms with Crippen LogP contribution in [-0.4, -0.2) is 37.6 Å². The number of aliphatic hydroxyl groups is 1. The van der Waals surface area contributed by atoms with E-state index in [0.717, 1.165) is 48.5 Å². The van der Waals surface area contributed by atoms with Gasteiger partial charge in [0.05, 0.1) is 13.2 Å². The second kappa shape index (κ2) is 10.8. The minimum Gasteiger partial charge on any atom is -0.493 e. The molecule has 1 aliphatic heterocycles. The van der Waals surface area contributed by atoms with E-state index < -0.39 is 0 Å². The predicted molar refractivity (Wildman–Crippen MR) is 116 cm³/mol. The quantitative estimate of drug-likeness (QED) is 0.313. The second-order valence-electron chi connectivity index (χ2n) is 7.24. The Hall–Kier alpha value is -2.56. The summed E-state index contributed by atoms with van der Waals surface area (Å²) in [6, 6.07) is 12.7. The maximum atomic E-state index is 8.95. The lowest BCUT2D eigenvalue weighted by molar-refractivity contribution is 0.232. The van der Waals surface area contributed by atoms with Gasteiger partial charge in [-0.05, 0) is 53.6 Å². The van der Waals surface area contributed by atoms with Crippen molar-refractivity contribution in [1.29, 1.82) is 0 Å². The van der Waals surface area contributed by atoms with E-state index in [9.17, 15) is 0 Å². The van der Waals surface area contributed by atoms with Crippen molar-refractivity contribution in [2.75, 3.05) is 26.4 Å². The van der Waals surface area contributed by atoms with Gasteiger partial charge < -0.3 is 19.3 Å². The summed E-state index contributed by atoms with van der Waals surface area (Å²) in [7, 11) is 0. The average Bonchev–Trinajstić information content (AvgIpc) is 3.54. The highest BCUT2D eigenvalue weighted by molar-refractivity contribution is 5.43. The molecule has 2 aromatic rings. The normalized spacial score (nSPS) is 15.0. The van der Waals surface area contributed by atoms with Crippen LogP contribution in [0, 0.1) is 0 Å². The third-order valence-corrected chi connectivity index (χ3v) is 4.77. The van der Waals surface area contributed by atoms with Crippen LogP contribution in [0.4, 0.5) is 0 Å². The van der Waals surface area contributed by atoms with Crippen molar-refractivity contribution in [3.63, 3.8) is 0 Å². The molecule has 0 aliphatic carbocycles. The molecule has 1 fully saturated rings. The second-order valence-corrected chi connectivity index (χ2v) is 7.24. The molecule has 29 heavy (non-hydrogen) atoms. The molecule has 1 atom stereocenters. The van der Waals surface area contributed by atoms with Gasteiger partial charge >= 0.3 is 0 Å². The predicted octanol–water partition coefficient (Wildman–Crippen LogP) is 4.27. The van der Waals surface area contributed by atoms with Crippen molar-refractivity contribution in [3.05, 3.63) is 84.0 Å². The smallest absolute Gasteiger partial charge is 0.122 e. The Balaban J connectivity index is 1.73. The Morgan fingerprint density at radius 3 is 2.07 bits per heavy atom. The summed E-state index contributed by atoms with van der Waals surface area (Å²) in [5.74, 6) is 1.77. The lowest BCUT2D eigenvalue weighted by atomic mass is 9.98. The van der Waals surface area contributed by atoms with Gasteiger partial charge in [-0.1, -0.05) is 36.4 Å². The molecule has 0 amide bonds. The molecule has 0 spiro atoms. The number of aliphatic hydroxyl groups excluding tert-OH is 1. The zero-order valence-corrected chi connectivity index (χ0v) is 16.9. The molecule has 4 nitrogen and oxygen atoms in total. The first-order valence-electron chi connectivity index (χ1n) is 10.2. The highest BCUT2D eigenvalue weighted by Crippen LogP contribution is 2.26. The highest BCUT2D eigenvalue weighted by atomic mass is 16.6. The number of hydrogen-bond donors (Lipinski definition) is 1. The zero-order valence-electron chi connectivity index (χ0n) is 16.9. The van der Waals surface area contributed by atoms with E-state index in [0.29, 0.717) is 19.6 Å². The van der Waals surface area contributed by atoms with Gasteiger partial charge in [0.1, 0.15) is 24.2 Å². The summed E-state index contributed by atoms with van der Waals surface area (Å²) in [6.07, 6.45) is 7.01. The SMILES string of the molecule is C=CCc1cc(Cc2ccc(OCC3CO3)c(CC=C)c2)ccc1OCCCO. The number of benzene rings is 2. The Morgan fingerprint density at radius 1 is 0.966 bits per heavy atom. The lowest BCUT2D eigenvalue weighted by Crippen LogP contribution is -2.06. The maximum Gasteiger partial charge on any atom is 0.122 e. The highest BCUT2D eigenvalue weighted by Gasteiger charge is 2.23. The van der Waals surface area contributed by atoms with Gasteiger partial charge in [0, 0.05) is 13.0 Å². The number of ether oxygens (including phenoxy) is 3. The van der Waals surface area contributed by atoms with Gasteiger partial charge in [-0.25, -0.2) is 0 Å². The Kier molecular flexibility index (Phi) is 7.91. The van der Waals surface area contributed by atoms with Gasteiger partial charge in [0.25, 0.3) is 0 Å². The molecule has 0 bridgehead atoms. The first-order chi connectivity index (χ1) is 14.2. The fourth-order valence-corrected chi connectivity index (χ4v) is 3.23. The molecule has 3 rings (SSSR count). The largest absolute Gasteiger partial charge is 0.493 e. The minimum atomic E-state index is 0.134. The molecule has 1 unspecified atom stereocenters. The van der Waals surface area contributed by atoms with Crippen LogP contribution in [0.2, 0.25) is 0 Å². The summed E-state index contributed by atoms with van der Waals surface area (Å²) in [5, 5.41) is 8.95. The molecule has 154 valence electrons. The van der Waals surface area contributed by atoms with E-state index in [-0.39, 0.29) is 12.7 Å². The Labute approximate surface area is 173 Å². The molecule has 0 aromatic heterocycles. The molecular formula is C25H30O4. The standard InChI is InChI=1S/C25H30O4/c1-3-6-21-15-19(8-10-24(21)27-13-5-12-26)14-20-9-11-25(22(16-20)7-4-2)29-18-23-17-28-23/h3-4,8-11,15-16,23,26H,1-2,5-7,12-14,17-18H2. The average molecular weight is 395 g/mol. The van der Waals surface area contributed by atoms with Crippen molar-refractivity contribution in [2.45, 2.75) is 31.8 Å². The third-order valence-electron chi connectivity index (χ3n) is 4.77. The van der Waals surface area contributed by atoms with E-state index in [1.165, 1.54) is 11.1 Å². The molecule has 2 aromatic carbocycles. The summed E-state index contributed by atoms with van der Waals surface area (Å²) < 4.78 is 17.0. The van der Waals surface area contributed by atoms with Crippen LogP contribution in [0.25, 0.3) is 0 Å². The zero-order chi connectivity index (χ0) is 20.5. The fourth-order valence-electron chi connectivity index (χ4n) is 3.23. The van der Waals surface area contributed by atoms with Gasteiger partial charge in [-0.2, -0.15) is 0 Å². The Bertz CT molecular complexity index is 824. The van der Waals surface area contributed by atoms with Gasteiger partial charge in [-0.3, -0.25) is 0 Å². The molecule has 1 N–H and O–H groups in total. The monoisotopic (exact) mass is 394 g/mol. The number of rotatable bonds is 13. The molecule has 4 heteroatoms. The number of epoxide rings is 1. The molecule has 1 heterocycles. The van der Waals surface area contributed by atoms with Crippen LogP contribution in [0.3, 0.4) is 0 Å². The Morgan fingerprint density at radius 2 is 1.55 bits per heavy atom. The molecule has 1 saturated heterocycles. The summed E-state index contributed by atoms with van der Waals surface area (Å²) in [4.78, 5) is 0. The molecule has 0 saturated carbocycles. The van der Waals surface area contributed by atoms with Crippen LogP contribution in [0.5, 0.6) is 11.5 Å². The van der Waals surface area contributed by atoms with Crippen molar-refractivity contribution < 1.29 is 19.3 Å². The van der Waals surface area contributed by atoms with Crippen molar-refractivity contribution in [2.24, 2.45) is 0 Å². The van der Waals surface area contributed by atoms with E-state index in [1.54, 1.807) is 0 Å². The fraction of sp³-hybridized carbons (Fsp3) is 0.360. The molecule has 0 radical (unpaired) electrons. The van der Waals surface area contributed by atoms with Crippen LogP contribution in [0.1, 0.15) is 28.7 Å². The van der Waals surface area contributed by atoms with Crippen LogP contribution >= 0.6 is 0 Å². The van der Waals surface area contributed by atoms with E-state index in [4.69, 9.17) is 19.3 Å². The van der Waals surface area contributed by atoms with Crippen molar-refractivity contribution >= 4 is 0 Å². The topological polar surface area (TPSA) is 51.2 Å². The van der Waals surface area contributed by atoms with Crippen molar-refractivity contribution in [3.8, 4) is 11.5 Å². The summed E-state index contributed by atoms with van der Waals surface area (Å²) in [5.41, 5.74) is 4.72. The van der Waals surface area contributed by atoms with E-state index in [2.05, 4.69) is 37.4 Å². The first kappa shape index (κ1) is 21.2. The van der Waals surface area contributed by atoms with E-state index in [1.807, 2.05) is 24.3 Å². The maximum absolute atomic E-state index is 8.95. The van der Waals surface area contributed by atoms with Gasteiger partial charge in [-0.15, -0.1) is 13.2 Å². The minimum absolute atomic E-state index is 0.134. The van der Waals surface area contributed by atoms with E-state index >= 15 is 0 Å². The third kappa shape index (κ3) is 6.48. The van der Waals surface area contributed by atoms with Gasteiger partial charge in [0.15, 0.2) is 0 Å². The summed E-state index contributed by atoms with van der Waals surface area (Å²) in [6.45, 7) is 9.77. The van der Waals surface area contributed by atoms with Crippen LogP contribution in [-0.2, 0) is 24.0 Å². The van der Waals surface area contributed by atoms with Crippen molar-refractivity contribution in [1.82, 2.24) is 0 Å². The first-order valence-corrected chi connectivity index (χ1v) is 10.2. The molecule has 1 aliphatic rings. The van der Waals surface area contributed by atoms with Crippen LogP contribution in [0.15, 0.2) is 61.7 Å². The number of hydrogen-bond acceptors (Lipinski definition) is 4.